The van der Waals surface area contributed by atoms with Gasteiger partial charge in [-0.25, -0.2) is 12.7 Å². The summed E-state index contributed by atoms with van der Waals surface area (Å²) in [6.45, 7) is 0.637. The van der Waals surface area contributed by atoms with E-state index in [-0.39, 0.29) is 11.0 Å². The molecule has 0 saturated heterocycles. The lowest BCUT2D eigenvalue weighted by Crippen LogP contribution is -2.27. The van der Waals surface area contributed by atoms with Crippen molar-refractivity contribution in [2.45, 2.75) is 30.3 Å². The van der Waals surface area contributed by atoms with Gasteiger partial charge in [0.1, 0.15) is 11.9 Å². The predicted molar refractivity (Wildman–Crippen MR) is 78.1 cm³/mol. The summed E-state index contributed by atoms with van der Waals surface area (Å²) in [5, 5.41) is 0. The molecule has 0 heterocycles. The van der Waals surface area contributed by atoms with Crippen LogP contribution in [-0.2, 0) is 10.0 Å². The van der Waals surface area contributed by atoms with Crippen LogP contribution in [0.5, 0.6) is 5.75 Å². The van der Waals surface area contributed by atoms with E-state index >= 15 is 0 Å². The highest BCUT2D eigenvalue weighted by molar-refractivity contribution is 7.89. The molecule has 0 aromatic heterocycles. The normalized spacial score (nSPS) is 23.2. The summed E-state index contributed by atoms with van der Waals surface area (Å²) in [5.74, 6) is 1.10. The minimum absolute atomic E-state index is 0.149. The maximum Gasteiger partial charge on any atom is 0.242 e. The maximum absolute atomic E-state index is 12.0. The molecule has 112 valence electrons. The Kier molecular flexibility index (Phi) is 4.67. The molecule has 0 bridgehead atoms. The maximum atomic E-state index is 12.0. The molecule has 2 N–H and O–H groups in total. The van der Waals surface area contributed by atoms with Gasteiger partial charge in [0.15, 0.2) is 0 Å². The highest BCUT2D eigenvalue weighted by Crippen LogP contribution is 2.29. The Hall–Kier alpha value is -1.11. The first-order valence-electron chi connectivity index (χ1n) is 6.84. The van der Waals surface area contributed by atoms with Gasteiger partial charge in [-0.05, 0) is 50.1 Å². The van der Waals surface area contributed by atoms with Crippen molar-refractivity contribution in [1.82, 2.24) is 4.31 Å². The van der Waals surface area contributed by atoms with Crippen molar-refractivity contribution in [2.75, 3.05) is 20.6 Å². The Morgan fingerprint density at radius 3 is 2.45 bits per heavy atom. The minimum Gasteiger partial charge on any atom is -0.490 e. The van der Waals surface area contributed by atoms with Crippen LogP contribution in [-0.4, -0.2) is 39.5 Å². The zero-order valence-corrected chi connectivity index (χ0v) is 12.8. The van der Waals surface area contributed by atoms with Crippen LogP contribution in [0.25, 0.3) is 0 Å². The highest BCUT2D eigenvalue weighted by atomic mass is 32.2. The van der Waals surface area contributed by atoms with Gasteiger partial charge in [-0.15, -0.1) is 0 Å². The lowest BCUT2D eigenvalue weighted by Gasteiger charge is -2.20. The monoisotopic (exact) mass is 298 g/mol. The van der Waals surface area contributed by atoms with Gasteiger partial charge < -0.3 is 10.5 Å². The fourth-order valence-electron chi connectivity index (χ4n) is 2.50. The number of ether oxygens (including phenoxy) is 1. The van der Waals surface area contributed by atoms with Crippen LogP contribution < -0.4 is 10.5 Å². The number of hydrogen-bond acceptors (Lipinski definition) is 4. The number of rotatable bonds is 5. The van der Waals surface area contributed by atoms with E-state index in [2.05, 4.69) is 0 Å². The lowest BCUT2D eigenvalue weighted by molar-refractivity contribution is 0.162. The van der Waals surface area contributed by atoms with Gasteiger partial charge in [0.05, 0.1) is 4.90 Å². The highest BCUT2D eigenvalue weighted by Gasteiger charge is 2.27. The van der Waals surface area contributed by atoms with Crippen LogP contribution in [0.3, 0.4) is 0 Å². The van der Waals surface area contributed by atoms with Crippen molar-refractivity contribution < 1.29 is 13.2 Å². The number of sulfonamides is 1. The number of benzene rings is 1. The predicted octanol–water partition coefficient (Wildman–Crippen LogP) is 1.44. The van der Waals surface area contributed by atoms with Gasteiger partial charge in [-0.3, -0.25) is 0 Å². The molecule has 6 heteroatoms. The molecule has 0 radical (unpaired) electrons. The molecule has 1 aromatic rings. The molecule has 0 aliphatic heterocycles. The summed E-state index contributed by atoms with van der Waals surface area (Å²) < 4.78 is 31.0. The van der Waals surface area contributed by atoms with E-state index < -0.39 is 10.0 Å². The molecular weight excluding hydrogens is 276 g/mol. The van der Waals surface area contributed by atoms with Crippen molar-refractivity contribution in [1.29, 1.82) is 0 Å². The van der Waals surface area contributed by atoms with Crippen molar-refractivity contribution in [2.24, 2.45) is 11.7 Å². The Morgan fingerprint density at radius 2 is 1.90 bits per heavy atom. The summed E-state index contributed by atoms with van der Waals surface area (Å²) >= 11 is 0. The van der Waals surface area contributed by atoms with E-state index in [0.717, 1.165) is 19.3 Å². The summed E-state index contributed by atoms with van der Waals surface area (Å²) in [5.41, 5.74) is 5.73. The third kappa shape index (κ3) is 3.13. The molecule has 1 aliphatic carbocycles. The van der Waals surface area contributed by atoms with Crippen molar-refractivity contribution in [3.05, 3.63) is 24.3 Å². The van der Waals surface area contributed by atoms with Crippen molar-refractivity contribution in [3.63, 3.8) is 0 Å². The second-order valence-electron chi connectivity index (χ2n) is 5.34. The Balaban J connectivity index is 2.09. The molecule has 20 heavy (non-hydrogen) atoms. The summed E-state index contributed by atoms with van der Waals surface area (Å²) in [4.78, 5) is 0.275. The standard InChI is InChI=1S/C14H22N2O3S/c1-16(2)20(17,18)13-8-6-12(7-9-13)19-14-5-3-4-11(14)10-15/h6-9,11,14H,3-5,10,15H2,1-2H3. The number of nitrogens with two attached hydrogens (primary N) is 1. The van der Waals surface area contributed by atoms with Gasteiger partial charge in [-0.2, -0.15) is 0 Å². The zero-order valence-electron chi connectivity index (χ0n) is 12.0. The molecule has 5 nitrogen and oxygen atoms in total. The fourth-order valence-corrected chi connectivity index (χ4v) is 3.41. The van der Waals surface area contributed by atoms with Gasteiger partial charge in [0.25, 0.3) is 0 Å². The average molecular weight is 298 g/mol. The minimum atomic E-state index is -3.38. The van der Waals surface area contributed by atoms with E-state index in [1.165, 1.54) is 18.4 Å². The third-order valence-electron chi connectivity index (χ3n) is 3.78. The average Bonchev–Trinajstić information content (AvgIpc) is 2.86. The fraction of sp³-hybridized carbons (Fsp3) is 0.571. The van der Waals surface area contributed by atoms with Crippen molar-refractivity contribution in [3.8, 4) is 5.75 Å². The van der Waals surface area contributed by atoms with E-state index in [9.17, 15) is 8.42 Å². The second-order valence-corrected chi connectivity index (χ2v) is 7.49. The number of hydrogen-bond donors (Lipinski definition) is 1. The van der Waals surface area contributed by atoms with E-state index in [0.29, 0.717) is 18.2 Å². The SMILES string of the molecule is CN(C)S(=O)(=O)c1ccc(OC2CCCC2CN)cc1. The molecular formula is C14H22N2O3S. The Bertz CT molecular complexity index is 540. The van der Waals surface area contributed by atoms with Crippen LogP contribution in [0.4, 0.5) is 0 Å². The van der Waals surface area contributed by atoms with Gasteiger partial charge in [0, 0.05) is 20.0 Å². The first-order valence-corrected chi connectivity index (χ1v) is 8.28. The molecule has 0 amide bonds. The van der Waals surface area contributed by atoms with Crippen LogP contribution >= 0.6 is 0 Å². The third-order valence-corrected chi connectivity index (χ3v) is 5.61. The van der Waals surface area contributed by atoms with Crippen LogP contribution in [0, 0.1) is 5.92 Å². The summed E-state index contributed by atoms with van der Waals surface area (Å²) in [6, 6.07) is 6.58. The molecule has 2 rings (SSSR count). The van der Waals surface area contributed by atoms with Crippen LogP contribution in [0.2, 0.25) is 0 Å². The largest absolute Gasteiger partial charge is 0.490 e. The second kappa shape index (κ2) is 6.11. The van der Waals surface area contributed by atoms with E-state index in [1.54, 1.807) is 24.3 Å². The Morgan fingerprint density at radius 1 is 1.25 bits per heavy atom. The first-order chi connectivity index (χ1) is 9.45. The zero-order chi connectivity index (χ0) is 14.8. The molecule has 2 atom stereocenters. The van der Waals surface area contributed by atoms with Crippen LogP contribution in [0.1, 0.15) is 19.3 Å². The molecule has 1 aliphatic rings. The molecule has 1 fully saturated rings. The first kappa shape index (κ1) is 15.3. The molecule has 1 saturated carbocycles. The summed E-state index contributed by atoms with van der Waals surface area (Å²) in [7, 11) is -0.343. The van der Waals surface area contributed by atoms with Crippen molar-refractivity contribution >= 4 is 10.0 Å². The number of nitrogens with zero attached hydrogens (tertiary/aromatic N) is 1. The molecule has 1 aromatic carbocycles. The Labute approximate surface area is 120 Å². The van der Waals surface area contributed by atoms with Gasteiger partial charge in [0.2, 0.25) is 10.0 Å². The summed E-state index contributed by atoms with van der Waals surface area (Å²) in [6.07, 6.45) is 3.41. The van der Waals surface area contributed by atoms with E-state index in [4.69, 9.17) is 10.5 Å². The lowest BCUT2D eigenvalue weighted by atomic mass is 10.1. The quantitative estimate of drug-likeness (QED) is 0.893. The van der Waals surface area contributed by atoms with E-state index in [1.807, 2.05) is 0 Å². The van der Waals surface area contributed by atoms with Gasteiger partial charge >= 0.3 is 0 Å². The molecule has 2 unspecified atom stereocenters. The smallest absolute Gasteiger partial charge is 0.242 e. The molecule has 0 spiro atoms. The van der Waals surface area contributed by atoms with Gasteiger partial charge in [-0.1, -0.05) is 0 Å². The topological polar surface area (TPSA) is 72.6 Å². The van der Waals surface area contributed by atoms with Crippen LogP contribution in [0.15, 0.2) is 29.2 Å².